The van der Waals surface area contributed by atoms with Crippen molar-refractivity contribution in [3.05, 3.63) is 18.2 Å². The van der Waals surface area contributed by atoms with E-state index in [2.05, 4.69) is 11.9 Å². The van der Waals surface area contributed by atoms with Crippen molar-refractivity contribution in [3.8, 4) is 0 Å². The van der Waals surface area contributed by atoms with Crippen molar-refractivity contribution in [2.24, 2.45) is 7.05 Å². The summed E-state index contributed by atoms with van der Waals surface area (Å²) in [6.07, 6.45) is 14.2. The Balaban J connectivity index is 2.00. The zero-order valence-electron chi connectivity index (χ0n) is 11.9. The average Bonchev–Trinajstić information content (AvgIpc) is 2.74. The van der Waals surface area contributed by atoms with Crippen LogP contribution in [0.3, 0.4) is 0 Å². The highest BCUT2D eigenvalue weighted by Gasteiger charge is 2.08. The van der Waals surface area contributed by atoms with Gasteiger partial charge in [-0.05, 0) is 6.42 Å². The van der Waals surface area contributed by atoms with Gasteiger partial charge in [-0.2, -0.15) is 0 Å². The molecule has 0 radical (unpaired) electrons. The van der Waals surface area contributed by atoms with Crippen molar-refractivity contribution >= 4 is 0 Å². The van der Waals surface area contributed by atoms with Crippen LogP contribution in [0.1, 0.15) is 64.1 Å². The molecule has 1 rings (SSSR count). The lowest BCUT2D eigenvalue weighted by Gasteiger charge is -2.10. The Kier molecular flexibility index (Phi) is 7.74. The molecular weight excluding hydrogens is 224 g/mol. The second kappa shape index (κ2) is 9.15. The standard InChI is InChI=1S/C15H28N2O/c1-3-4-5-6-7-8-9-10-14(18)13-15-16-11-12-17(15)2/h11-12,14,18H,3-10,13H2,1-2H3. The lowest BCUT2D eigenvalue weighted by Crippen LogP contribution is -2.13. The quantitative estimate of drug-likeness (QED) is 0.648. The van der Waals surface area contributed by atoms with Gasteiger partial charge in [0.05, 0.1) is 6.10 Å². The van der Waals surface area contributed by atoms with Crippen LogP contribution >= 0.6 is 0 Å². The molecule has 1 aromatic heterocycles. The van der Waals surface area contributed by atoms with Crippen molar-refractivity contribution in [3.63, 3.8) is 0 Å². The van der Waals surface area contributed by atoms with Gasteiger partial charge in [0.1, 0.15) is 5.82 Å². The van der Waals surface area contributed by atoms with E-state index in [4.69, 9.17) is 0 Å². The molecule has 1 N–H and O–H groups in total. The first-order chi connectivity index (χ1) is 8.74. The van der Waals surface area contributed by atoms with Crippen LogP contribution in [-0.2, 0) is 13.5 Å². The summed E-state index contributed by atoms with van der Waals surface area (Å²) in [6, 6.07) is 0. The minimum absolute atomic E-state index is 0.234. The van der Waals surface area contributed by atoms with E-state index in [0.717, 1.165) is 18.7 Å². The minimum Gasteiger partial charge on any atom is -0.393 e. The van der Waals surface area contributed by atoms with Crippen LogP contribution in [0.2, 0.25) is 0 Å². The molecule has 1 heterocycles. The van der Waals surface area contributed by atoms with E-state index in [1.165, 1.54) is 38.5 Å². The number of hydrogen-bond donors (Lipinski definition) is 1. The Labute approximate surface area is 111 Å². The number of nitrogens with zero attached hydrogens (tertiary/aromatic N) is 2. The summed E-state index contributed by atoms with van der Waals surface area (Å²) in [4.78, 5) is 4.24. The molecule has 0 bridgehead atoms. The Hall–Kier alpha value is -0.830. The van der Waals surface area contributed by atoms with Gasteiger partial charge in [0.25, 0.3) is 0 Å². The van der Waals surface area contributed by atoms with Crippen LogP contribution in [-0.4, -0.2) is 20.8 Å². The molecule has 0 aromatic carbocycles. The average molecular weight is 252 g/mol. The van der Waals surface area contributed by atoms with Crippen molar-refractivity contribution in [2.75, 3.05) is 0 Å². The highest BCUT2D eigenvalue weighted by atomic mass is 16.3. The molecule has 0 aliphatic heterocycles. The number of hydrogen-bond acceptors (Lipinski definition) is 2. The summed E-state index contributed by atoms with van der Waals surface area (Å²) in [5, 5.41) is 9.93. The van der Waals surface area contributed by atoms with E-state index in [-0.39, 0.29) is 6.10 Å². The Bertz CT molecular complexity index is 309. The fourth-order valence-electron chi connectivity index (χ4n) is 2.24. The summed E-state index contributed by atoms with van der Waals surface area (Å²) in [7, 11) is 1.97. The lowest BCUT2D eigenvalue weighted by molar-refractivity contribution is 0.157. The summed E-state index contributed by atoms with van der Waals surface area (Å²) >= 11 is 0. The fraction of sp³-hybridized carbons (Fsp3) is 0.800. The SMILES string of the molecule is CCCCCCCCCC(O)Cc1nccn1C. The Morgan fingerprint density at radius 3 is 2.44 bits per heavy atom. The number of aliphatic hydroxyl groups is 1. The molecule has 0 saturated carbocycles. The third-order valence-electron chi connectivity index (χ3n) is 3.48. The maximum Gasteiger partial charge on any atom is 0.110 e. The second-order valence-corrected chi connectivity index (χ2v) is 5.22. The highest BCUT2D eigenvalue weighted by Crippen LogP contribution is 2.11. The predicted molar refractivity (Wildman–Crippen MR) is 75.5 cm³/mol. The molecular formula is C15H28N2O. The van der Waals surface area contributed by atoms with E-state index in [1.54, 1.807) is 6.20 Å². The monoisotopic (exact) mass is 252 g/mol. The van der Waals surface area contributed by atoms with Gasteiger partial charge in [-0.25, -0.2) is 4.98 Å². The number of aryl methyl sites for hydroxylation is 1. The van der Waals surface area contributed by atoms with E-state index in [1.807, 2.05) is 17.8 Å². The largest absolute Gasteiger partial charge is 0.393 e. The number of unbranched alkanes of at least 4 members (excludes halogenated alkanes) is 6. The lowest BCUT2D eigenvalue weighted by atomic mass is 10.0. The normalized spacial score (nSPS) is 12.8. The van der Waals surface area contributed by atoms with Crippen molar-refractivity contribution in [1.29, 1.82) is 0 Å². The second-order valence-electron chi connectivity index (χ2n) is 5.22. The van der Waals surface area contributed by atoms with Crippen LogP contribution < -0.4 is 0 Å². The van der Waals surface area contributed by atoms with E-state index < -0.39 is 0 Å². The van der Waals surface area contributed by atoms with Crippen molar-refractivity contribution in [1.82, 2.24) is 9.55 Å². The number of aromatic nitrogens is 2. The van der Waals surface area contributed by atoms with Gasteiger partial charge >= 0.3 is 0 Å². The molecule has 1 aromatic rings. The topological polar surface area (TPSA) is 38.1 Å². The van der Waals surface area contributed by atoms with Gasteiger partial charge in [-0.3, -0.25) is 0 Å². The van der Waals surface area contributed by atoms with Crippen LogP contribution in [0.5, 0.6) is 0 Å². The molecule has 3 nitrogen and oxygen atoms in total. The molecule has 0 aliphatic carbocycles. The van der Waals surface area contributed by atoms with Gasteiger partial charge in [-0.1, -0.05) is 51.9 Å². The third kappa shape index (κ3) is 6.20. The van der Waals surface area contributed by atoms with Gasteiger partial charge in [0.2, 0.25) is 0 Å². The molecule has 0 aliphatic rings. The van der Waals surface area contributed by atoms with Crippen LogP contribution in [0, 0.1) is 0 Å². The van der Waals surface area contributed by atoms with Crippen LogP contribution in [0.25, 0.3) is 0 Å². The maximum absolute atomic E-state index is 9.93. The minimum atomic E-state index is -0.234. The van der Waals surface area contributed by atoms with E-state index in [0.29, 0.717) is 6.42 Å². The number of aliphatic hydroxyl groups excluding tert-OH is 1. The van der Waals surface area contributed by atoms with E-state index in [9.17, 15) is 5.11 Å². The Morgan fingerprint density at radius 2 is 1.83 bits per heavy atom. The van der Waals surface area contributed by atoms with Crippen molar-refractivity contribution < 1.29 is 5.11 Å². The molecule has 3 heteroatoms. The number of imidazole rings is 1. The number of rotatable bonds is 10. The summed E-state index contributed by atoms with van der Waals surface area (Å²) < 4.78 is 1.98. The fourth-order valence-corrected chi connectivity index (χ4v) is 2.24. The first-order valence-electron chi connectivity index (χ1n) is 7.38. The molecule has 0 spiro atoms. The van der Waals surface area contributed by atoms with E-state index >= 15 is 0 Å². The Morgan fingerprint density at radius 1 is 1.17 bits per heavy atom. The molecule has 0 fully saturated rings. The highest BCUT2D eigenvalue weighted by molar-refractivity contribution is 4.92. The summed E-state index contributed by atoms with van der Waals surface area (Å²) in [5.41, 5.74) is 0. The molecule has 0 amide bonds. The van der Waals surface area contributed by atoms with Crippen LogP contribution in [0.4, 0.5) is 0 Å². The third-order valence-corrected chi connectivity index (χ3v) is 3.48. The van der Waals surface area contributed by atoms with Crippen LogP contribution in [0.15, 0.2) is 12.4 Å². The molecule has 18 heavy (non-hydrogen) atoms. The van der Waals surface area contributed by atoms with Gasteiger partial charge in [0.15, 0.2) is 0 Å². The first-order valence-corrected chi connectivity index (χ1v) is 7.38. The van der Waals surface area contributed by atoms with Gasteiger partial charge < -0.3 is 9.67 Å². The maximum atomic E-state index is 9.93. The molecule has 1 unspecified atom stereocenters. The summed E-state index contributed by atoms with van der Waals surface area (Å²) in [6.45, 7) is 2.24. The molecule has 104 valence electrons. The molecule has 1 atom stereocenters. The van der Waals surface area contributed by atoms with Crippen molar-refractivity contribution in [2.45, 2.75) is 70.8 Å². The van der Waals surface area contributed by atoms with Gasteiger partial charge in [0, 0.05) is 25.9 Å². The zero-order chi connectivity index (χ0) is 13.2. The smallest absolute Gasteiger partial charge is 0.110 e. The first kappa shape index (κ1) is 15.2. The predicted octanol–water partition coefficient (Wildman–Crippen LogP) is 3.46. The molecule has 0 saturated heterocycles. The zero-order valence-corrected chi connectivity index (χ0v) is 11.9. The van der Waals surface area contributed by atoms with Gasteiger partial charge in [-0.15, -0.1) is 0 Å². The summed E-state index contributed by atoms with van der Waals surface area (Å²) in [5.74, 6) is 0.977.